The summed E-state index contributed by atoms with van der Waals surface area (Å²) < 4.78 is 33.2. The second-order valence-corrected chi connectivity index (χ2v) is 13.2. The summed E-state index contributed by atoms with van der Waals surface area (Å²) in [5, 5.41) is 3.42. The molecule has 2 aromatic rings. The number of likely N-dealkylation sites (N-methyl/N-ethyl adjacent to an activating group) is 1. The van der Waals surface area contributed by atoms with Crippen molar-refractivity contribution in [2.75, 3.05) is 38.6 Å². The number of hydrogen-bond donors (Lipinski definition) is 1. The molecule has 2 aliphatic rings. The van der Waals surface area contributed by atoms with Crippen LogP contribution >= 0.6 is 34.3 Å². The predicted molar refractivity (Wildman–Crippen MR) is 130 cm³/mol. The standard InChI is InChI=1S/C21H26ClN3O5S3/c1-3-30-21(27)18-14-8-10-24(2)12-15(14)31-20(18)23-19(26)13-5-4-9-25(11-13)33(28,29)17-7-6-16(22)32-17/h6-7,13H,3-5,8-12H2,1-2H3,(H,23,26). The van der Waals surface area contributed by atoms with Crippen molar-refractivity contribution in [2.24, 2.45) is 5.92 Å². The summed E-state index contributed by atoms with van der Waals surface area (Å²) in [6.45, 7) is 3.98. The summed E-state index contributed by atoms with van der Waals surface area (Å²) in [7, 11) is -1.69. The Hall–Kier alpha value is -1.50. The van der Waals surface area contributed by atoms with Crippen LogP contribution in [0.3, 0.4) is 0 Å². The summed E-state index contributed by atoms with van der Waals surface area (Å²) in [6.07, 6.45) is 1.86. The molecular formula is C21H26ClN3O5S3. The van der Waals surface area contributed by atoms with E-state index in [1.54, 1.807) is 13.0 Å². The second kappa shape index (κ2) is 10.0. The van der Waals surface area contributed by atoms with Crippen molar-refractivity contribution in [1.82, 2.24) is 9.21 Å². The number of anilines is 1. The van der Waals surface area contributed by atoms with E-state index in [1.165, 1.54) is 21.7 Å². The van der Waals surface area contributed by atoms with Crippen LogP contribution in [0.15, 0.2) is 16.3 Å². The average molecular weight is 532 g/mol. The van der Waals surface area contributed by atoms with E-state index in [4.69, 9.17) is 16.3 Å². The van der Waals surface area contributed by atoms with Crippen LogP contribution in [0.25, 0.3) is 0 Å². The van der Waals surface area contributed by atoms with Crippen molar-refractivity contribution >= 4 is 61.2 Å². The SMILES string of the molecule is CCOC(=O)c1c(NC(=O)C2CCCN(S(=O)(=O)c3ccc(Cl)s3)C2)sc2c1CCN(C)C2. The number of esters is 1. The van der Waals surface area contributed by atoms with Gasteiger partial charge in [0.1, 0.15) is 9.21 Å². The molecule has 1 saturated heterocycles. The largest absolute Gasteiger partial charge is 0.462 e. The second-order valence-electron chi connectivity index (χ2n) is 8.17. The predicted octanol–water partition coefficient (Wildman–Crippen LogP) is 3.67. The first kappa shape index (κ1) is 24.6. The van der Waals surface area contributed by atoms with Crippen LogP contribution in [0.5, 0.6) is 0 Å². The summed E-state index contributed by atoms with van der Waals surface area (Å²) in [5.74, 6) is -1.23. The first-order valence-electron chi connectivity index (χ1n) is 10.8. The summed E-state index contributed by atoms with van der Waals surface area (Å²) in [4.78, 5) is 29.1. The number of fused-ring (bicyclic) bond motifs is 1. The Morgan fingerprint density at radius 1 is 1.27 bits per heavy atom. The van der Waals surface area contributed by atoms with E-state index in [-0.39, 0.29) is 23.3 Å². The lowest BCUT2D eigenvalue weighted by molar-refractivity contribution is -0.120. The van der Waals surface area contributed by atoms with Gasteiger partial charge >= 0.3 is 5.97 Å². The van der Waals surface area contributed by atoms with Crippen LogP contribution in [0, 0.1) is 5.92 Å². The molecule has 12 heteroatoms. The van der Waals surface area contributed by atoms with Crippen molar-refractivity contribution in [2.45, 2.75) is 36.9 Å². The van der Waals surface area contributed by atoms with Crippen LogP contribution < -0.4 is 5.32 Å². The topological polar surface area (TPSA) is 96.0 Å². The Kier molecular flexibility index (Phi) is 7.47. The minimum absolute atomic E-state index is 0.0895. The molecule has 180 valence electrons. The number of piperidine rings is 1. The maximum Gasteiger partial charge on any atom is 0.341 e. The molecule has 0 aromatic carbocycles. The Balaban J connectivity index is 1.54. The summed E-state index contributed by atoms with van der Waals surface area (Å²) in [6, 6.07) is 3.05. The zero-order valence-electron chi connectivity index (χ0n) is 18.4. The number of thiophene rings is 2. The molecule has 0 radical (unpaired) electrons. The van der Waals surface area contributed by atoms with Crippen LogP contribution in [0.1, 0.15) is 40.6 Å². The average Bonchev–Trinajstić information content (AvgIpc) is 3.37. The van der Waals surface area contributed by atoms with Gasteiger partial charge in [-0.05, 0) is 50.9 Å². The van der Waals surface area contributed by atoms with Gasteiger partial charge in [0.25, 0.3) is 10.0 Å². The Morgan fingerprint density at radius 2 is 2.06 bits per heavy atom. The normalized spacial score (nSPS) is 19.8. The van der Waals surface area contributed by atoms with Crippen LogP contribution in [-0.2, 0) is 32.5 Å². The number of hydrogen-bond acceptors (Lipinski definition) is 8. The lowest BCUT2D eigenvalue weighted by Gasteiger charge is -2.30. The molecule has 1 unspecified atom stereocenters. The van der Waals surface area contributed by atoms with E-state index < -0.39 is 21.9 Å². The van der Waals surface area contributed by atoms with E-state index >= 15 is 0 Å². The smallest absolute Gasteiger partial charge is 0.341 e. The molecule has 2 aliphatic heterocycles. The van der Waals surface area contributed by atoms with E-state index in [9.17, 15) is 18.0 Å². The molecule has 1 atom stereocenters. The molecule has 0 saturated carbocycles. The van der Waals surface area contributed by atoms with Gasteiger partial charge in [-0.25, -0.2) is 13.2 Å². The van der Waals surface area contributed by atoms with E-state index in [0.29, 0.717) is 47.3 Å². The lowest BCUT2D eigenvalue weighted by Crippen LogP contribution is -2.43. The Morgan fingerprint density at radius 3 is 2.76 bits per heavy atom. The fraction of sp³-hybridized carbons (Fsp3) is 0.524. The number of nitrogens with zero attached hydrogens (tertiary/aromatic N) is 2. The number of ether oxygens (including phenoxy) is 1. The van der Waals surface area contributed by atoms with E-state index in [0.717, 1.165) is 28.3 Å². The molecule has 1 N–H and O–H groups in total. The first-order valence-corrected chi connectivity index (χ1v) is 14.2. The summed E-state index contributed by atoms with van der Waals surface area (Å²) >= 11 is 8.33. The molecule has 0 bridgehead atoms. The molecule has 4 rings (SSSR count). The van der Waals surface area contributed by atoms with Crippen molar-refractivity contribution in [3.05, 3.63) is 32.5 Å². The number of rotatable bonds is 6. The third-order valence-corrected chi connectivity index (χ3v) is 10.6. The highest BCUT2D eigenvalue weighted by Crippen LogP contribution is 2.38. The lowest BCUT2D eigenvalue weighted by atomic mass is 9.98. The minimum Gasteiger partial charge on any atom is -0.462 e. The van der Waals surface area contributed by atoms with Gasteiger partial charge in [0, 0.05) is 31.1 Å². The Bertz CT molecular complexity index is 1160. The van der Waals surface area contributed by atoms with Crippen LogP contribution in [-0.4, -0.2) is 62.8 Å². The van der Waals surface area contributed by atoms with Gasteiger partial charge in [-0.1, -0.05) is 11.6 Å². The summed E-state index contributed by atoms with van der Waals surface area (Å²) in [5.41, 5.74) is 1.38. The Labute approximate surface area is 206 Å². The molecule has 2 aromatic heterocycles. The van der Waals surface area contributed by atoms with Gasteiger partial charge < -0.3 is 15.0 Å². The monoisotopic (exact) mass is 531 g/mol. The zero-order chi connectivity index (χ0) is 23.8. The quantitative estimate of drug-likeness (QED) is 0.571. The first-order chi connectivity index (χ1) is 15.7. The molecular weight excluding hydrogens is 506 g/mol. The number of sulfonamides is 1. The number of halogens is 1. The third-order valence-electron chi connectivity index (χ3n) is 5.86. The number of carbonyl (C=O) groups excluding carboxylic acids is 2. The number of nitrogens with one attached hydrogen (secondary N) is 1. The molecule has 0 spiro atoms. The molecule has 0 aliphatic carbocycles. The fourth-order valence-corrected chi connectivity index (χ4v) is 8.67. The maximum absolute atomic E-state index is 13.2. The third kappa shape index (κ3) is 5.13. The highest BCUT2D eigenvalue weighted by Gasteiger charge is 2.35. The molecule has 1 fully saturated rings. The molecule has 1 amide bonds. The van der Waals surface area contributed by atoms with Crippen molar-refractivity contribution in [3.63, 3.8) is 0 Å². The zero-order valence-corrected chi connectivity index (χ0v) is 21.6. The molecule has 33 heavy (non-hydrogen) atoms. The van der Waals surface area contributed by atoms with Crippen LogP contribution in [0.2, 0.25) is 4.34 Å². The minimum atomic E-state index is -3.71. The fourth-order valence-electron chi connectivity index (χ4n) is 4.19. The van der Waals surface area contributed by atoms with Gasteiger partial charge in [-0.3, -0.25) is 4.79 Å². The number of carbonyl (C=O) groups is 2. The van der Waals surface area contributed by atoms with Gasteiger partial charge in [0.2, 0.25) is 5.91 Å². The van der Waals surface area contributed by atoms with Crippen molar-refractivity contribution < 1.29 is 22.7 Å². The van der Waals surface area contributed by atoms with E-state index in [2.05, 4.69) is 10.2 Å². The van der Waals surface area contributed by atoms with Gasteiger partial charge in [-0.15, -0.1) is 22.7 Å². The van der Waals surface area contributed by atoms with Gasteiger partial charge in [-0.2, -0.15) is 4.31 Å². The highest BCUT2D eigenvalue weighted by atomic mass is 35.5. The van der Waals surface area contributed by atoms with Crippen LogP contribution in [0.4, 0.5) is 5.00 Å². The van der Waals surface area contributed by atoms with Crippen molar-refractivity contribution in [1.29, 1.82) is 0 Å². The van der Waals surface area contributed by atoms with E-state index in [1.807, 2.05) is 7.05 Å². The molecule has 4 heterocycles. The molecule has 8 nitrogen and oxygen atoms in total. The van der Waals surface area contributed by atoms with Crippen molar-refractivity contribution in [3.8, 4) is 0 Å². The van der Waals surface area contributed by atoms with Gasteiger partial charge in [0.15, 0.2) is 0 Å². The highest BCUT2D eigenvalue weighted by molar-refractivity contribution is 7.91. The number of amides is 1. The van der Waals surface area contributed by atoms with Gasteiger partial charge in [0.05, 0.1) is 22.4 Å². The maximum atomic E-state index is 13.2.